The Kier molecular flexibility index (Phi) is 3.12. The average Bonchev–Trinajstić information content (AvgIpc) is 3.09. The second kappa shape index (κ2) is 4.91. The summed E-state index contributed by atoms with van der Waals surface area (Å²) in [5.41, 5.74) is 0.822. The maximum atomic E-state index is 5.48. The minimum Gasteiger partial charge on any atom is -0.472 e. The molecule has 0 aromatic carbocycles. The van der Waals surface area contributed by atoms with Crippen LogP contribution in [0, 0.1) is 0 Å². The van der Waals surface area contributed by atoms with Crippen LogP contribution in [0.3, 0.4) is 0 Å². The molecule has 0 radical (unpaired) electrons. The molecule has 6 heteroatoms. The smallest absolute Gasteiger partial charge is 0.233 e. The standard InChI is InChI=1S/C12H15N3O3/c1-13-10-3-5-17-7-9(10)12-14-11(15-18-12)8-2-4-16-6-8/h2,4,6,9-10,13H,3,5,7H2,1H3. The van der Waals surface area contributed by atoms with E-state index >= 15 is 0 Å². The van der Waals surface area contributed by atoms with Gasteiger partial charge in [0.1, 0.15) is 6.26 Å². The Bertz CT molecular complexity index is 494. The maximum Gasteiger partial charge on any atom is 0.233 e. The molecule has 0 saturated carbocycles. The zero-order valence-electron chi connectivity index (χ0n) is 10.1. The van der Waals surface area contributed by atoms with Crippen LogP contribution < -0.4 is 5.32 Å². The van der Waals surface area contributed by atoms with E-state index in [1.54, 1.807) is 12.5 Å². The third-order valence-corrected chi connectivity index (χ3v) is 3.27. The van der Waals surface area contributed by atoms with Crippen LogP contribution in [-0.2, 0) is 4.74 Å². The van der Waals surface area contributed by atoms with Crippen molar-refractivity contribution < 1.29 is 13.7 Å². The Balaban J connectivity index is 1.84. The molecule has 0 bridgehead atoms. The molecule has 0 amide bonds. The summed E-state index contributed by atoms with van der Waals surface area (Å²) in [6.45, 7) is 1.38. The molecular weight excluding hydrogens is 234 g/mol. The molecule has 2 aromatic rings. The first-order valence-corrected chi connectivity index (χ1v) is 5.99. The van der Waals surface area contributed by atoms with Gasteiger partial charge in [0.05, 0.1) is 24.4 Å². The van der Waals surface area contributed by atoms with E-state index in [0.717, 1.165) is 18.6 Å². The van der Waals surface area contributed by atoms with E-state index in [2.05, 4.69) is 15.5 Å². The highest BCUT2D eigenvalue weighted by molar-refractivity contribution is 5.51. The van der Waals surface area contributed by atoms with Crippen LogP contribution >= 0.6 is 0 Å². The number of likely N-dealkylation sites (N-methyl/N-ethyl adjacent to an activating group) is 1. The van der Waals surface area contributed by atoms with Crippen LogP contribution in [-0.4, -0.2) is 36.4 Å². The lowest BCUT2D eigenvalue weighted by Gasteiger charge is -2.28. The van der Waals surface area contributed by atoms with Gasteiger partial charge in [0.15, 0.2) is 0 Å². The first-order valence-electron chi connectivity index (χ1n) is 5.99. The predicted molar refractivity (Wildman–Crippen MR) is 63.0 cm³/mol. The lowest BCUT2D eigenvalue weighted by Crippen LogP contribution is -2.39. The van der Waals surface area contributed by atoms with Gasteiger partial charge in [0.25, 0.3) is 0 Å². The Hall–Kier alpha value is -1.66. The van der Waals surface area contributed by atoms with Crippen LogP contribution in [0.15, 0.2) is 27.5 Å². The number of rotatable bonds is 3. The van der Waals surface area contributed by atoms with E-state index in [9.17, 15) is 0 Å². The van der Waals surface area contributed by atoms with E-state index in [1.807, 2.05) is 13.1 Å². The number of hydrogen-bond acceptors (Lipinski definition) is 6. The van der Waals surface area contributed by atoms with Gasteiger partial charge >= 0.3 is 0 Å². The van der Waals surface area contributed by atoms with Crippen molar-refractivity contribution in [3.63, 3.8) is 0 Å². The Morgan fingerprint density at radius 2 is 2.39 bits per heavy atom. The minimum atomic E-state index is 0.108. The summed E-state index contributed by atoms with van der Waals surface area (Å²) in [5, 5.41) is 7.24. The number of aromatic nitrogens is 2. The SMILES string of the molecule is CNC1CCOCC1c1nc(-c2ccoc2)no1. The first kappa shape index (κ1) is 11.4. The number of nitrogens with one attached hydrogen (secondary N) is 1. The highest BCUT2D eigenvalue weighted by atomic mass is 16.5. The summed E-state index contributed by atoms with van der Waals surface area (Å²) in [7, 11) is 1.94. The van der Waals surface area contributed by atoms with Crippen LogP contribution in [0.2, 0.25) is 0 Å². The van der Waals surface area contributed by atoms with Crippen LogP contribution in [0.5, 0.6) is 0 Å². The molecule has 3 heterocycles. The average molecular weight is 249 g/mol. The van der Waals surface area contributed by atoms with E-state index in [0.29, 0.717) is 24.4 Å². The third kappa shape index (κ3) is 2.04. The molecule has 96 valence electrons. The van der Waals surface area contributed by atoms with Gasteiger partial charge in [0, 0.05) is 12.6 Å². The summed E-state index contributed by atoms with van der Waals surface area (Å²) in [6, 6.07) is 2.12. The Morgan fingerprint density at radius 3 is 3.17 bits per heavy atom. The Labute approximate surface area is 104 Å². The second-order valence-electron chi connectivity index (χ2n) is 4.33. The maximum absolute atomic E-state index is 5.48. The quantitative estimate of drug-likeness (QED) is 0.886. The largest absolute Gasteiger partial charge is 0.472 e. The number of ether oxygens (including phenoxy) is 1. The highest BCUT2D eigenvalue weighted by Gasteiger charge is 2.30. The van der Waals surface area contributed by atoms with Crippen LogP contribution in [0.25, 0.3) is 11.4 Å². The van der Waals surface area contributed by atoms with Gasteiger partial charge in [-0.1, -0.05) is 5.16 Å². The molecule has 2 atom stereocenters. The van der Waals surface area contributed by atoms with E-state index < -0.39 is 0 Å². The van der Waals surface area contributed by atoms with Gasteiger partial charge in [-0.05, 0) is 19.5 Å². The molecule has 3 rings (SSSR count). The number of hydrogen-bond donors (Lipinski definition) is 1. The molecule has 2 unspecified atom stereocenters. The molecule has 1 fully saturated rings. The van der Waals surface area contributed by atoms with Crippen LogP contribution in [0.4, 0.5) is 0 Å². The molecule has 1 aliphatic rings. The van der Waals surface area contributed by atoms with E-state index in [4.69, 9.17) is 13.7 Å². The summed E-state index contributed by atoms with van der Waals surface area (Å²) in [5.74, 6) is 1.28. The summed E-state index contributed by atoms with van der Waals surface area (Å²) in [4.78, 5) is 4.42. The lowest BCUT2D eigenvalue weighted by atomic mass is 9.96. The van der Waals surface area contributed by atoms with Crippen molar-refractivity contribution in [2.75, 3.05) is 20.3 Å². The lowest BCUT2D eigenvalue weighted by molar-refractivity contribution is 0.0516. The molecule has 1 N–H and O–H groups in total. The predicted octanol–water partition coefficient (Wildman–Crippen LogP) is 1.42. The molecule has 0 aliphatic carbocycles. The molecular formula is C12H15N3O3. The fraction of sp³-hybridized carbons (Fsp3) is 0.500. The molecule has 6 nitrogen and oxygen atoms in total. The minimum absolute atomic E-state index is 0.108. The molecule has 1 saturated heterocycles. The van der Waals surface area contributed by atoms with Crippen molar-refractivity contribution in [1.29, 1.82) is 0 Å². The number of nitrogens with zero attached hydrogens (tertiary/aromatic N) is 2. The van der Waals surface area contributed by atoms with Gasteiger partial charge in [-0.3, -0.25) is 0 Å². The summed E-state index contributed by atoms with van der Waals surface area (Å²) in [6.07, 6.45) is 4.14. The molecule has 2 aromatic heterocycles. The molecule has 1 aliphatic heterocycles. The van der Waals surface area contributed by atoms with Gasteiger partial charge in [-0.2, -0.15) is 4.98 Å². The summed E-state index contributed by atoms with van der Waals surface area (Å²) < 4.78 is 15.8. The fourth-order valence-electron chi connectivity index (χ4n) is 2.22. The zero-order valence-corrected chi connectivity index (χ0v) is 10.1. The second-order valence-corrected chi connectivity index (χ2v) is 4.33. The highest BCUT2D eigenvalue weighted by Crippen LogP contribution is 2.26. The van der Waals surface area contributed by atoms with Crippen molar-refractivity contribution >= 4 is 0 Å². The van der Waals surface area contributed by atoms with Crippen molar-refractivity contribution in [2.24, 2.45) is 0 Å². The van der Waals surface area contributed by atoms with Crippen molar-refractivity contribution in [1.82, 2.24) is 15.5 Å². The number of furan rings is 1. The van der Waals surface area contributed by atoms with Crippen molar-refractivity contribution in [3.05, 3.63) is 24.5 Å². The van der Waals surface area contributed by atoms with Crippen LogP contribution in [0.1, 0.15) is 18.2 Å². The topological polar surface area (TPSA) is 73.3 Å². The van der Waals surface area contributed by atoms with Crippen molar-refractivity contribution in [3.8, 4) is 11.4 Å². The van der Waals surface area contributed by atoms with Gasteiger partial charge in [-0.15, -0.1) is 0 Å². The van der Waals surface area contributed by atoms with E-state index in [-0.39, 0.29) is 5.92 Å². The third-order valence-electron chi connectivity index (χ3n) is 3.27. The van der Waals surface area contributed by atoms with E-state index in [1.165, 1.54) is 0 Å². The molecule has 18 heavy (non-hydrogen) atoms. The monoisotopic (exact) mass is 249 g/mol. The first-order chi connectivity index (χ1) is 8.88. The van der Waals surface area contributed by atoms with Gasteiger partial charge in [0.2, 0.25) is 11.7 Å². The Morgan fingerprint density at radius 1 is 1.44 bits per heavy atom. The summed E-state index contributed by atoms with van der Waals surface area (Å²) >= 11 is 0. The zero-order chi connectivity index (χ0) is 12.4. The fourth-order valence-corrected chi connectivity index (χ4v) is 2.22. The van der Waals surface area contributed by atoms with Gasteiger partial charge < -0.3 is 19.0 Å². The van der Waals surface area contributed by atoms with Crippen molar-refractivity contribution in [2.45, 2.75) is 18.4 Å². The molecule has 0 spiro atoms. The van der Waals surface area contributed by atoms with Gasteiger partial charge in [-0.25, -0.2) is 0 Å². The normalized spacial score (nSPS) is 24.3.